The van der Waals surface area contributed by atoms with Crippen LogP contribution in [0.2, 0.25) is 5.02 Å². The number of aromatic nitrogens is 1. The minimum absolute atomic E-state index is 0. The number of thiazole rings is 1. The van der Waals surface area contributed by atoms with Crippen LogP contribution in [-0.2, 0) is 9.53 Å². The number of rotatable bonds is 6. The summed E-state index contributed by atoms with van der Waals surface area (Å²) in [6, 6.07) is 11.2. The molecule has 174 valence electrons. The largest absolute Gasteiger partial charge is 0.454 e. The molecule has 0 bridgehead atoms. The summed E-state index contributed by atoms with van der Waals surface area (Å²) in [5, 5.41) is 1.32. The number of carbonyl (C=O) groups excluding carboxylic acids is 1. The SMILES string of the molecule is Cl.O=C(/C=C/c1ccc2c(c1)OCO2)N(CCN1CCOCC1)c1nc2ccc(Cl)cc2s1. The van der Waals surface area contributed by atoms with Gasteiger partial charge in [-0.25, -0.2) is 4.98 Å². The maximum atomic E-state index is 13.2. The van der Waals surface area contributed by atoms with Gasteiger partial charge in [-0.3, -0.25) is 14.6 Å². The smallest absolute Gasteiger partial charge is 0.252 e. The topological polar surface area (TPSA) is 64.1 Å². The summed E-state index contributed by atoms with van der Waals surface area (Å²) in [4.78, 5) is 22.0. The van der Waals surface area contributed by atoms with Crippen LogP contribution in [0.25, 0.3) is 16.3 Å². The maximum Gasteiger partial charge on any atom is 0.252 e. The molecule has 3 aromatic rings. The number of amides is 1. The summed E-state index contributed by atoms with van der Waals surface area (Å²) in [7, 11) is 0. The number of ether oxygens (including phenoxy) is 3. The molecule has 0 saturated carbocycles. The zero-order chi connectivity index (χ0) is 21.9. The average molecular weight is 508 g/mol. The maximum absolute atomic E-state index is 13.2. The Hall–Kier alpha value is -2.36. The van der Waals surface area contributed by atoms with Crippen molar-refractivity contribution in [3.63, 3.8) is 0 Å². The second kappa shape index (κ2) is 10.7. The summed E-state index contributed by atoms with van der Waals surface area (Å²) >= 11 is 7.61. The van der Waals surface area contributed by atoms with Crippen LogP contribution in [-0.4, -0.2) is 62.0 Å². The lowest BCUT2D eigenvalue weighted by Gasteiger charge is -2.28. The van der Waals surface area contributed by atoms with E-state index >= 15 is 0 Å². The second-order valence-electron chi connectivity index (χ2n) is 7.50. The van der Waals surface area contributed by atoms with Crippen LogP contribution in [0.4, 0.5) is 5.13 Å². The van der Waals surface area contributed by atoms with Gasteiger partial charge in [0, 0.05) is 37.3 Å². The first kappa shape index (κ1) is 23.8. The van der Waals surface area contributed by atoms with Crippen LogP contribution in [0.1, 0.15) is 5.56 Å². The van der Waals surface area contributed by atoms with Crippen molar-refractivity contribution in [1.82, 2.24) is 9.88 Å². The highest BCUT2D eigenvalue weighted by molar-refractivity contribution is 7.22. The minimum Gasteiger partial charge on any atom is -0.454 e. The molecule has 1 aromatic heterocycles. The summed E-state index contributed by atoms with van der Waals surface area (Å²) in [5.74, 6) is 1.28. The molecule has 0 aliphatic carbocycles. The normalized spacial score (nSPS) is 15.7. The minimum atomic E-state index is -0.124. The fourth-order valence-corrected chi connectivity index (χ4v) is 4.92. The molecule has 0 atom stereocenters. The molecule has 1 amide bonds. The Kier molecular flexibility index (Phi) is 7.72. The fraction of sp³-hybridized carbons (Fsp3) is 0.304. The Labute approximate surface area is 206 Å². The first-order valence-electron chi connectivity index (χ1n) is 10.4. The molecule has 7 nitrogen and oxygen atoms in total. The molecule has 2 aliphatic rings. The standard InChI is InChI=1S/C23H22ClN3O4S.ClH/c24-17-3-4-18-21(14-17)32-23(25-18)27(8-7-26-9-11-29-12-10-26)22(28)6-2-16-1-5-19-20(13-16)31-15-30-19;/h1-6,13-14H,7-12,15H2;1H/b6-2+;. The summed E-state index contributed by atoms with van der Waals surface area (Å²) in [6.07, 6.45) is 3.37. The third kappa shape index (κ3) is 5.59. The van der Waals surface area contributed by atoms with Crippen molar-refractivity contribution >= 4 is 62.7 Å². The van der Waals surface area contributed by atoms with Crippen molar-refractivity contribution in [2.24, 2.45) is 0 Å². The molecule has 10 heteroatoms. The van der Waals surface area contributed by atoms with Gasteiger partial charge in [0.2, 0.25) is 6.79 Å². The van der Waals surface area contributed by atoms with Gasteiger partial charge in [0.1, 0.15) is 0 Å². The quantitative estimate of drug-likeness (QED) is 0.458. The Morgan fingerprint density at radius 2 is 1.97 bits per heavy atom. The lowest BCUT2D eigenvalue weighted by Crippen LogP contribution is -2.42. The van der Waals surface area contributed by atoms with Crippen LogP contribution in [0, 0.1) is 0 Å². The molecule has 33 heavy (non-hydrogen) atoms. The summed E-state index contributed by atoms with van der Waals surface area (Å²) in [6.45, 7) is 4.68. The number of carbonyl (C=O) groups is 1. The van der Waals surface area contributed by atoms with Crippen molar-refractivity contribution in [2.75, 3.05) is 51.1 Å². The van der Waals surface area contributed by atoms with E-state index in [4.69, 9.17) is 30.8 Å². The lowest BCUT2D eigenvalue weighted by molar-refractivity contribution is -0.114. The van der Waals surface area contributed by atoms with E-state index in [1.807, 2.05) is 36.4 Å². The van der Waals surface area contributed by atoms with Gasteiger partial charge in [0.25, 0.3) is 5.91 Å². The molecule has 0 radical (unpaired) electrons. The van der Waals surface area contributed by atoms with Crippen molar-refractivity contribution in [1.29, 1.82) is 0 Å². The summed E-state index contributed by atoms with van der Waals surface area (Å²) < 4.78 is 17.2. The predicted molar refractivity (Wildman–Crippen MR) is 133 cm³/mol. The van der Waals surface area contributed by atoms with Gasteiger partial charge in [-0.2, -0.15) is 0 Å². The molecule has 1 saturated heterocycles. The highest BCUT2D eigenvalue weighted by Crippen LogP contribution is 2.33. The first-order chi connectivity index (χ1) is 15.7. The van der Waals surface area contributed by atoms with Crippen molar-refractivity contribution in [2.45, 2.75) is 0 Å². The van der Waals surface area contributed by atoms with Crippen LogP contribution in [0.5, 0.6) is 11.5 Å². The molecule has 0 spiro atoms. The Morgan fingerprint density at radius 3 is 2.82 bits per heavy atom. The second-order valence-corrected chi connectivity index (χ2v) is 8.94. The van der Waals surface area contributed by atoms with Gasteiger partial charge < -0.3 is 14.2 Å². The van der Waals surface area contributed by atoms with Gasteiger partial charge in [-0.1, -0.05) is 29.0 Å². The third-order valence-corrected chi connectivity index (χ3v) is 6.67. The average Bonchev–Trinajstić information content (AvgIpc) is 3.44. The van der Waals surface area contributed by atoms with Crippen LogP contribution < -0.4 is 14.4 Å². The molecule has 3 heterocycles. The predicted octanol–water partition coefficient (Wildman–Crippen LogP) is 4.48. The van der Waals surface area contributed by atoms with Gasteiger partial charge in [-0.05, 0) is 42.0 Å². The van der Waals surface area contributed by atoms with Gasteiger partial charge in [0.05, 0.1) is 23.4 Å². The highest BCUT2D eigenvalue weighted by atomic mass is 35.5. The fourth-order valence-electron chi connectivity index (χ4n) is 3.64. The monoisotopic (exact) mass is 507 g/mol. The van der Waals surface area contributed by atoms with Crippen molar-refractivity contribution in [3.05, 3.63) is 53.1 Å². The van der Waals surface area contributed by atoms with Crippen LogP contribution in [0.3, 0.4) is 0 Å². The number of fused-ring (bicyclic) bond motifs is 2. The van der Waals surface area contributed by atoms with Crippen LogP contribution >= 0.6 is 35.3 Å². The zero-order valence-corrected chi connectivity index (χ0v) is 20.1. The highest BCUT2D eigenvalue weighted by Gasteiger charge is 2.20. The summed E-state index contributed by atoms with van der Waals surface area (Å²) in [5.41, 5.74) is 1.70. The van der Waals surface area contributed by atoms with E-state index < -0.39 is 0 Å². The Balaban J connectivity index is 0.00000259. The Bertz CT molecular complexity index is 1160. The Morgan fingerprint density at radius 1 is 1.15 bits per heavy atom. The van der Waals surface area contributed by atoms with E-state index in [0.717, 1.165) is 48.6 Å². The zero-order valence-electron chi connectivity index (χ0n) is 17.7. The number of anilines is 1. The van der Waals surface area contributed by atoms with Gasteiger partial charge >= 0.3 is 0 Å². The number of hydrogen-bond donors (Lipinski definition) is 0. The van der Waals surface area contributed by atoms with Gasteiger partial charge in [-0.15, -0.1) is 12.4 Å². The molecular formula is C23H23Cl2N3O4S. The van der Waals surface area contributed by atoms with Crippen molar-refractivity contribution < 1.29 is 19.0 Å². The molecule has 2 aliphatic heterocycles. The van der Waals surface area contributed by atoms with Crippen LogP contribution in [0.15, 0.2) is 42.5 Å². The first-order valence-corrected chi connectivity index (χ1v) is 11.6. The molecule has 0 unspecified atom stereocenters. The van der Waals surface area contributed by atoms with E-state index in [0.29, 0.717) is 28.2 Å². The van der Waals surface area contributed by atoms with Gasteiger partial charge in [0.15, 0.2) is 16.6 Å². The number of hydrogen-bond acceptors (Lipinski definition) is 7. The van der Waals surface area contributed by atoms with Crippen molar-refractivity contribution in [3.8, 4) is 11.5 Å². The van der Waals surface area contributed by atoms with E-state index in [1.54, 1.807) is 17.1 Å². The number of benzene rings is 2. The number of morpholine rings is 1. The molecular weight excluding hydrogens is 485 g/mol. The molecule has 2 aromatic carbocycles. The van der Waals surface area contributed by atoms with E-state index in [1.165, 1.54) is 11.3 Å². The third-order valence-electron chi connectivity index (χ3n) is 5.39. The van der Waals surface area contributed by atoms with E-state index in [9.17, 15) is 4.79 Å². The lowest BCUT2D eigenvalue weighted by atomic mass is 10.2. The number of nitrogens with zero attached hydrogens (tertiary/aromatic N) is 3. The van der Waals surface area contributed by atoms with E-state index in [-0.39, 0.29) is 25.1 Å². The molecule has 1 fully saturated rings. The number of halogens is 2. The molecule has 5 rings (SSSR count). The molecule has 0 N–H and O–H groups in total. The van der Waals surface area contributed by atoms with E-state index in [2.05, 4.69) is 4.90 Å².